The molecule has 0 bridgehead atoms. The minimum Gasteiger partial charge on any atom is -0.458 e. The molecule has 1 aromatic carbocycles. The zero-order chi connectivity index (χ0) is 20.7. The summed E-state index contributed by atoms with van der Waals surface area (Å²) < 4.78 is 15.5. The molecule has 1 aliphatic heterocycles. The van der Waals surface area contributed by atoms with Crippen LogP contribution in [0, 0.1) is 5.92 Å². The smallest absolute Gasteiger partial charge is 0.434 e. The number of carbonyl (C=O) groups excluding carboxylic acids is 3. The molecule has 9 heteroatoms. The summed E-state index contributed by atoms with van der Waals surface area (Å²) in [6.07, 6.45) is -0.672. The lowest BCUT2D eigenvalue weighted by atomic mass is 9.96. The summed E-state index contributed by atoms with van der Waals surface area (Å²) in [6.45, 7) is 6.79. The monoisotopic (exact) mass is 391 g/mol. The second kappa shape index (κ2) is 9.20. The van der Waals surface area contributed by atoms with E-state index < -0.39 is 29.7 Å². The van der Waals surface area contributed by atoms with E-state index in [0.717, 1.165) is 21.9 Å². The summed E-state index contributed by atoms with van der Waals surface area (Å²) in [5, 5.41) is 1.69. The van der Waals surface area contributed by atoms with Gasteiger partial charge in [0.15, 0.2) is 0 Å². The van der Waals surface area contributed by atoms with Crippen LogP contribution in [0.4, 0.5) is 9.59 Å². The summed E-state index contributed by atoms with van der Waals surface area (Å²) in [7, 11) is 0. The van der Waals surface area contributed by atoms with E-state index in [1.165, 1.54) is 0 Å². The lowest BCUT2D eigenvalue weighted by Gasteiger charge is -2.38. The van der Waals surface area contributed by atoms with Crippen molar-refractivity contribution in [2.75, 3.05) is 13.2 Å². The summed E-state index contributed by atoms with van der Waals surface area (Å²) in [6, 6.07) is 9.11. The van der Waals surface area contributed by atoms with Gasteiger partial charge in [0.1, 0.15) is 12.9 Å². The highest BCUT2D eigenvalue weighted by Crippen LogP contribution is 2.35. The summed E-state index contributed by atoms with van der Waals surface area (Å²) in [5.74, 6) is -1.29. The highest BCUT2D eigenvalue weighted by atomic mass is 16.6. The molecule has 0 fully saturated rings. The van der Waals surface area contributed by atoms with Gasteiger partial charge in [0.2, 0.25) is 0 Å². The van der Waals surface area contributed by atoms with E-state index in [2.05, 4.69) is 4.99 Å². The molecule has 2 amide bonds. The molecular weight excluding hydrogens is 366 g/mol. The molecule has 0 saturated heterocycles. The fourth-order valence-electron chi connectivity index (χ4n) is 2.74. The number of benzene rings is 1. The van der Waals surface area contributed by atoms with Crippen LogP contribution in [0.1, 0.15) is 33.3 Å². The van der Waals surface area contributed by atoms with Crippen LogP contribution < -0.4 is 0 Å². The Balaban J connectivity index is 2.34. The van der Waals surface area contributed by atoms with Crippen molar-refractivity contribution < 1.29 is 28.6 Å². The van der Waals surface area contributed by atoms with Gasteiger partial charge in [-0.1, -0.05) is 44.2 Å². The Morgan fingerprint density at radius 3 is 2.18 bits per heavy atom. The molecule has 0 saturated carbocycles. The minimum absolute atomic E-state index is 0.000263. The number of amides is 2. The Kier molecular flexibility index (Phi) is 6.97. The van der Waals surface area contributed by atoms with Crippen molar-refractivity contribution in [3.8, 4) is 0 Å². The van der Waals surface area contributed by atoms with Crippen molar-refractivity contribution in [2.24, 2.45) is 10.9 Å². The van der Waals surface area contributed by atoms with Crippen molar-refractivity contribution >= 4 is 24.5 Å². The molecule has 1 aliphatic rings. The molecule has 0 spiro atoms. The molecule has 1 aromatic rings. The van der Waals surface area contributed by atoms with Crippen molar-refractivity contribution in [1.29, 1.82) is 0 Å². The largest absolute Gasteiger partial charge is 0.458 e. The van der Waals surface area contributed by atoms with Crippen LogP contribution >= 0.6 is 0 Å². The van der Waals surface area contributed by atoms with Crippen molar-refractivity contribution in [2.45, 2.75) is 40.0 Å². The van der Waals surface area contributed by atoms with E-state index in [9.17, 15) is 14.4 Å². The molecule has 9 nitrogen and oxygen atoms in total. The molecule has 0 aromatic heterocycles. The van der Waals surface area contributed by atoms with Gasteiger partial charge < -0.3 is 14.2 Å². The third-order valence-electron chi connectivity index (χ3n) is 4.12. The van der Waals surface area contributed by atoms with Gasteiger partial charge in [0.05, 0.1) is 13.2 Å². The van der Waals surface area contributed by atoms with Gasteiger partial charge in [0, 0.05) is 5.92 Å². The zero-order valence-corrected chi connectivity index (χ0v) is 16.5. The molecular formula is C19H25N3O6. The Morgan fingerprint density at radius 1 is 1.00 bits per heavy atom. The standard InChI is InChI=1S/C19H25N3O6/c1-5-26-17(24)21-13-20-19(14(3)4,22(21)18(25)27-6-2)16(23)28-12-15-10-8-7-9-11-15/h7-11,13-14H,5-6,12H2,1-4H3. The molecule has 0 aliphatic carbocycles. The van der Waals surface area contributed by atoms with Gasteiger partial charge in [-0.15, -0.1) is 0 Å². The number of rotatable bonds is 6. The fraction of sp³-hybridized carbons (Fsp3) is 0.474. The highest BCUT2D eigenvalue weighted by Gasteiger charge is 2.58. The maximum atomic E-state index is 13.1. The van der Waals surface area contributed by atoms with Crippen LogP contribution in [-0.4, -0.2) is 53.4 Å². The van der Waals surface area contributed by atoms with Gasteiger partial charge in [-0.05, 0) is 19.4 Å². The molecule has 152 valence electrons. The molecule has 2 rings (SSSR count). The molecule has 1 heterocycles. The van der Waals surface area contributed by atoms with E-state index in [-0.39, 0.29) is 19.8 Å². The number of carbonyl (C=O) groups is 3. The zero-order valence-electron chi connectivity index (χ0n) is 16.5. The molecule has 28 heavy (non-hydrogen) atoms. The van der Waals surface area contributed by atoms with E-state index in [1.54, 1.807) is 39.8 Å². The predicted octanol–water partition coefficient (Wildman–Crippen LogP) is 2.96. The Hall–Kier alpha value is -3.10. The number of aliphatic imine (C=N–C) groups is 1. The maximum Gasteiger partial charge on any atom is 0.434 e. The first-order valence-electron chi connectivity index (χ1n) is 9.07. The number of nitrogens with zero attached hydrogens (tertiary/aromatic N) is 3. The van der Waals surface area contributed by atoms with Crippen molar-refractivity contribution in [1.82, 2.24) is 10.0 Å². The second-order valence-electron chi connectivity index (χ2n) is 6.24. The first-order chi connectivity index (χ1) is 13.4. The summed E-state index contributed by atoms with van der Waals surface area (Å²) in [5.41, 5.74) is -1.00. The molecule has 0 radical (unpaired) electrons. The number of hydrazine groups is 1. The van der Waals surface area contributed by atoms with Gasteiger partial charge in [0.25, 0.3) is 5.66 Å². The van der Waals surface area contributed by atoms with E-state index in [4.69, 9.17) is 14.2 Å². The average Bonchev–Trinajstić information content (AvgIpc) is 3.09. The van der Waals surface area contributed by atoms with Gasteiger partial charge in [-0.2, -0.15) is 10.0 Å². The van der Waals surface area contributed by atoms with Crippen molar-refractivity contribution in [3.05, 3.63) is 35.9 Å². The van der Waals surface area contributed by atoms with Gasteiger partial charge in [-0.3, -0.25) is 0 Å². The normalized spacial score (nSPS) is 18.3. The second-order valence-corrected chi connectivity index (χ2v) is 6.24. The quantitative estimate of drug-likeness (QED) is 0.546. The molecule has 0 N–H and O–H groups in total. The first-order valence-corrected chi connectivity index (χ1v) is 9.07. The van der Waals surface area contributed by atoms with Crippen LogP contribution in [0.25, 0.3) is 0 Å². The van der Waals surface area contributed by atoms with E-state index in [0.29, 0.717) is 0 Å². The predicted molar refractivity (Wildman–Crippen MR) is 100 cm³/mol. The minimum atomic E-state index is -1.78. The van der Waals surface area contributed by atoms with Crippen LogP contribution in [0.2, 0.25) is 0 Å². The van der Waals surface area contributed by atoms with Crippen LogP contribution in [0.15, 0.2) is 35.3 Å². The Bertz CT molecular complexity index is 736. The fourth-order valence-corrected chi connectivity index (χ4v) is 2.74. The van der Waals surface area contributed by atoms with Crippen LogP contribution in [0.3, 0.4) is 0 Å². The number of ether oxygens (including phenoxy) is 3. The van der Waals surface area contributed by atoms with E-state index in [1.807, 2.05) is 18.2 Å². The van der Waals surface area contributed by atoms with Crippen LogP contribution in [0.5, 0.6) is 0 Å². The average molecular weight is 391 g/mol. The molecule has 1 unspecified atom stereocenters. The molecule has 1 atom stereocenters. The maximum absolute atomic E-state index is 13.1. The first kappa shape index (κ1) is 21.2. The lowest BCUT2D eigenvalue weighted by molar-refractivity contribution is -0.166. The van der Waals surface area contributed by atoms with Crippen LogP contribution in [-0.2, 0) is 25.6 Å². The third kappa shape index (κ3) is 4.08. The highest BCUT2D eigenvalue weighted by molar-refractivity contribution is 5.95. The number of hydrogen-bond donors (Lipinski definition) is 0. The van der Waals surface area contributed by atoms with Gasteiger partial charge in [-0.25, -0.2) is 19.4 Å². The topological polar surface area (TPSA) is 97.7 Å². The third-order valence-corrected chi connectivity index (χ3v) is 4.12. The van der Waals surface area contributed by atoms with E-state index >= 15 is 0 Å². The summed E-state index contributed by atoms with van der Waals surface area (Å²) >= 11 is 0. The van der Waals surface area contributed by atoms with Gasteiger partial charge >= 0.3 is 18.2 Å². The SMILES string of the molecule is CCOC(=O)N1C=NC(C(=O)OCc2ccccc2)(C(C)C)N1C(=O)OCC. The Labute approximate surface area is 163 Å². The number of hydrogen-bond acceptors (Lipinski definition) is 7. The Morgan fingerprint density at radius 2 is 1.61 bits per heavy atom. The number of esters is 1. The summed E-state index contributed by atoms with van der Waals surface area (Å²) in [4.78, 5) is 42.2. The lowest BCUT2D eigenvalue weighted by Crippen LogP contribution is -2.62. The van der Waals surface area contributed by atoms with Crippen molar-refractivity contribution in [3.63, 3.8) is 0 Å².